The van der Waals surface area contributed by atoms with Crippen LogP contribution < -0.4 is 5.32 Å². The van der Waals surface area contributed by atoms with Gasteiger partial charge < -0.3 is 5.32 Å². The number of nitrogens with zero attached hydrogens (tertiary/aromatic N) is 1. The van der Waals surface area contributed by atoms with E-state index in [4.69, 9.17) is 0 Å². The molecule has 0 saturated heterocycles. The van der Waals surface area contributed by atoms with Gasteiger partial charge in [0.1, 0.15) is 0 Å². The number of amides is 1. The van der Waals surface area contributed by atoms with Crippen LogP contribution in [0.1, 0.15) is 18.1 Å². The molecule has 0 heterocycles. The van der Waals surface area contributed by atoms with E-state index in [0.717, 1.165) is 19.6 Å². The maximum Gasteiger partial charge on any atom is 0.246 e. The van der Waals surface area contributed by atoms with Crippen molar-refractivity contribution in [2.45, 2.75) is 20.0 Å². The van der Waals surface area contributed by atoms with Crippen molar-refractivity contribution in [3.8, 4) is 0 Å². The average Bonchev–Trinajstić information content (AvgIpc) is 2.56. The molecule has 0 aliphatic carbocycles. The van der Waals surface area contributed by atoms with E-state index in [9.17, 15) is 4.79 Å². The van der Waals surface area contributed by atoms with Crippen LogP contribution in [0.25, 0.3) is 0 Å². The van der Waals surface area contributed by atoms with Crippen molar-refractivity contribution >= 4 is 5.91 Å². The molecule has 23 heavy (non-hydrogen) atoms. The molecule has 0 unspecified atom stereocenters. The van der Waals surface area contributed by atoms with Crippen LogP contribution in [0.2, 0.25) is 0 Å². The zero-order chi connectivity index (χ0) is 16.5. The summed E-state index contributed by atoms with van der Waals surface area (Å²) in [6, 6.07) is 20.8. The minimum Gasteiger partial charge on any atom is -0.351 e. The van der Waals surface area contributed by atoms with E-state index in [-0.39, 0.29) is 5.91 Å². The Morgan fingerprint density at radius 1 is 0.957 bits per heavy atom. The van der Waals surface area contributed by atoms with Gasteiger partial charge >= 0.3 is 0 Å². The van der Waals surface area contributed by atoms with Gasteiger partial charge in [-0.15, -0.1) is 0 Å². The van der Waals surface area contributed by atoms with E-state index in [1.807, 2.05) is 12.1 Å². The molecule has 2 aromatic rings. The highest BCUT2D eigenvalue weighted by molar-refractivity contribution is 5.92. The van der Waals surface area contributed by atoms with Gasteiger partial charge in [0.05, 0.1) is 0 Å². The van der Waals surface area contributed by atoms with E-state index in [0.29, 0.717) is 12.1 Å². The van der Waals surface area contributed by atoms with Crippen LogP contribution in [0, 0.1) is 0 Å². The minimum atomic E-state index is -0.0793. The zero-order valence-electron chi connectivity index (χ0n) is 13.7. The standard InChI is InChI=1S/C20H24N2O/c1-17(2)20(23)21-13-14-22(15-18-9-5-3-6-10-18)16-19-11-7-4-8-12-19/h3-12H,1,13-16H2,2H3,(H,21,23). The summed E-state index contributed by atoms with van der Waals surface area (Å²) in [6.07, 6.45) is 0. The topological polar surface area (TPSA) is 32.3 Å². The van der Waals surface area contributed by atoms with Crippen LogP contribution in [0.5, 0.6) is 0 Å². The summed E-state index contributed by atoms with van der Waals surface area (Å²) in [5.74, 6) is -0.0793. The van der Waals surface area contributed by atoms with Crippen LogP contribution in [0.3, 0.4) is 0 Å². The Morgan fingerprint density at radius 2 is 1.43 bits per heavy atom. The Morgan fingerprint density at radius 3 is 1.87 bits per heavy atom. The predicted octanol–water partition coefficient (Wildman–Crippen LogP) is 3.38. The normalized spacial score (nSPS) is 10.5. The second-order valence-electron chi connectivity index (χ2n) is 5.72. The first-order chi connectivity index (χ1) is 11.1. The summed E-state index contributed by atoms with van der Waals surface area (Å²) in [5, 5.41) is 2.90. The minimum absolute atomic E-state index is 0.0793. The lowest BCUT2D eigenvalue weighted by atomic mass is 10.1. The lowest BCUT2D eigenvalue weighted by Crippen LogP contribution is -2.34. The van der Waals surface area contributed by atoms with Gasteiger partial charge in [-0.25, -0.2) is 0 Å². The van der Waals surface area contributed by atoms with Gasteiger partial charge in [-0.3, -0.25) is 9.69 Å². The van der Waals surface area contributed by atoms with Crippen LogP contribution in [0.4, 0.5) is 0 Å². The number of hydrogen-bond acceptors (Lipinski definition) is 2. The van der Waals surface area contributed by atoms with Gasteiger partial charge in [-0.05, 0) is 18.1 Å². The first-order valence-electron chi connectivity index (χ1n) is 7.89. The molecule has 0 aromatic heterocycles. The van der Waals surface area contributed by atoms with E-state index < -0.39 is 0 Å². The molecular weight excluding hydrogens is 284 g/mol. The monoisotopic (exact) mass is 308 g/mol. The highest BCUT2D eigenvalue weighted by Crippen LogP contribution is 2.09. The molecule has 1 amide bonds. The third kappa shape index (κ3) is 6.09. The molecule has 0 fully saturated rings. The summed E-state index contributed by atoms with van der Waals surface area (Å²) in [5.41, 5.74) is 3.09. The van der Waals surface area contributed by atoms with Crippen molar-refractivity contribution in [1.29, 1.82) is 0 Å². The van der Waals surface area contributed by atoms with Crippen molar-refractivity contribution in [2.24, 2.45) is 0 Å². The molecule has 0 aliphatic heterocycles. The number of carbonyl (C=O) groups is 1. The molecule has 0 aliphatic rings. The van der Waals surface area contributed by atoms with Gasteiger partial charge in [-0.1, -0.05) is 67.2 Å². The van der Waals surface area contributed by atoms with Crippen molar-refractivity contribution < 1.29 is 4.79 Å². The molecule has 0 saturated carbocycles. The molecule has 3 nitrogen and oxygen atoms in total. The lowest BCUT2D eigenvalue weighted by molar-refractivity contribution is -0.117. The fourth-order valence-electron chi connectivity index (χ4n) is 2.38. The quantitative estimate of drug-likeness (QED) is 0.758. The average molecular weight is 308 g/mol. The number of hydrogen-bond donors (Lipinski definition) is 1. The summed E-state index contributed by atoms with van der Waals surface area (Å²) >= 11 is 0. The van der Waals surface area contributed by atoms with Crippen molar-refractivity contribution in [2.75, 3.05) is 13.1 Å². The molecule has 1 N–H and O–H groups in total. The molecule has 2 aromatic carbocycles. The van der Waals surface area contributed by atoms with Gasteiger partial charge in [0.15, 0.2) is 0 Å². The van der Waals surface area contributed by atoms with E-state index >= 15 is 0 Å². The Kier molecular flexibility index (Phi) is 6.57. The molecular formula is C20H24N2O. The Labute approximate surface area is 138 Å². The predicted molar refractivity (Wildman–Crippen MR) is 94.8 cm³/mol. The van der Waals surface area contributed by atoms with Crippen LogP contribution in [-0.2, 0) is 17.9 Å². The van der Waals surface area contributed by atoms with Crippen LogP contribution in [0.15, 0.2) is 72.8 Å². The highest BCUT2D eigenvalue weighted by atomic mass is 16.1. The van der Waals surface area contributed by atoms with Crippen molar-refractivity contribution in [1.82, 2.24) is 10.2 Å². The Hall–Kier alpha value is -2.39. The molecule has 0 radical (unpaired) electrons. The lowest BCUT2D eigenvalue weighted by Gasteiger charge is -2.23. The Balaban J connectivity index is 1.96. The summed E-state index contributed by atoms with van der Waals surface area (Å²) in [6.45, 7) is 8.52. The zero-order valence-corrected chi connectivity index (χ0v) is 13.7. The maximum atomic E-state index is 11.6. The van der Waals surface area contributed by atoms with E-state index in [2.05, 4.69) is 65.3 Å². The van der Waals surface area contributed by atoms with Crippen molar-refractivity contribution in [3.05, 3.63) is 83.9 Å². The fourth-order valence-corrected chi connectivity index (χ4v) is 2.38. The first-order valence-corrected chi connectivity index (χ1v) is 7.89. The van der Waals surface area contributed by atoms with Gasteiger partial charge in [-0.2, -0.15) is 0 Å². The van der Waals surface area contributed by atoms with Crippen molar-refractivity contribution in [3.63, 3.8) is 0 Å². The number of carbonyl (C=O) groups excluding carboxylic acids is 1. The third-order valence-corrected chi connectivity index (χ3v) is 3.60. The number of rotatable bonds is 8. The Bertz CT molecular complexity index is 581. The van der Waals surface area contributed by atoms with Gasteiger partial charge in [0, 0.05) is 31.8 Å². The highest BCUT2D eigenvalue weighted by Gasteiger charge is 2.08. The molecule has 0 atom stereocenters. The SMILES string of the molecule is C=C(C)C(=O)NCCN(Cc1ccccc1)Cc1ccccc1. The molecule has 120 valence electrons. The molecule has 0 bridgehead atoms. The maximum absolute atomic E-state index is 11.6. The molecule has 0 spiro atoms. The summed E-state index contributed by atoms with van der Waals surface area (Å²) in [4.78, 5) is 13.9. The van der Waals surface area contributed by atoms with Gasteiger partial charge in [0.2, 0.25) is 5.91 Å². The number of benzene rings is 2. The van der Waals surface area contributed by atoms with Gasteiger partial charge in [0.25, 0.3) is 0 Å². The molecule has 3 heteroatoms. The summed E-state index contributed by atoms with van der Waals surface area (Å²) in [7, 11) is 0. The van der Waals surface area contributed by atoms with E-state index in [1.54, 1.807) is 6.92 Å². The largest absolute Gasteiger partial charge is 0.351 e. The second-order valence-corrected chi connectivity index (χ2v) is 5.72. The van der Waals surface area contributed by atoms with Crippen LogP contribution in [-0.4, -0.2) is 23.9 Å². The molecule has 2 rings (SSSR count). The second kappa shape index (κ2) is 8.91. The summed E-state index contributed by atoms with van der Waals surface area (Å²) < 4.78 is 0. The smallest absolute Gasteiger partial charge is 0.246 e. The first kappa shape index (κ1) is 17.0. The van der Waals surface area contributed by atoms with E-state index in [1.165, 1.54) is 11.1 Å². The van der Waals surface area contributed by atoms with Crippen LogP contribution >= 0.6 is 0 Å². The third-order valence-electron chi connectivity index (χ3n) is 3.60. The number of nitrogens with one attached hydrogen (secondary N) is 1. The fraction of sp³-hybridized carbons (Fsp3) is 0.250.